The molecule has 0 radical (unpaired) electrons. The van der Waals surface area contributed by atoms with Crippen molar-refractivity contribution in [2.75, 3.05) is 20.3 Å². The number of ether oxygens (including phenoxy) is 1. The molecular weight excluding hydrogens is 128 g/mol. The molecule has 0 aromatic carbocycles. The van der Waals surface area contributed by atoms with Gasteiger partial charge in [-0.15, -0.1) is 0 Å². The summed E-state index contributed by atoms with van der Waals surface area (Å²) in [6.07, 6.45) is 0. The van der Waals surface area contributed by atoms with E-state index < -0.39 is 0 Å². The molecule has 0 heterocycles. The largest absolute Gasteiger partial charge is 0.383 e. The van der Waals surface area contributed by atoms with E-state index >= 15 is 0 Å². The number of nitrogens with one attached hydrogen (secondary N) is 2. The van der Waals surface area contributed by atoms with Gasteiger partial charge in [0.15, 0.2) is 0 Å². The molecule has 3 nitrogen and oxygen atoms in total. The molecule has 0 aliphatic heterocycles. The first-order chi connectivity index (χ1) is 4.56. The Balaban J connectivity index is 3.04. The van der Waals surface area contributed by atoms with Gasteiger partial charge in [0, 0.05) is 19.2 Å². The molecule has 0 rings (SSSR count). The highest BCUT2D eigenvalue weighted by Gasteiger charge is 2.06. The van der Waals surface area contributed by atoms with Crippen molar-refractivity contribution in [3.8, 4) is 0 Å². The van der Waals surface area contributed by atoms with Gasteiger partial charge in [-0.05, 0) is 20.8 Å². The van der Waals surface area contributed by atoms with Gasteiger partial charge in [-0.25, -0.2) is 0 Å². The van der Waals surface area contributed by atoms with Gasteiger partial charge < -0.3 is 4.74 Å². The minimum atomic E-state index is 0.133. The molecule has 0 aliphatic carbocycles. The Kier molecular flexibility index (Phi) is 4.60. The second-order valence-corrected chi connectivity index (χ2v) is 3.29. The van der Waals surface area contributed by atoms with Gasteiger partial charge in [-0.2, -0.15) is 0 Å². The summed E-state index contributed by atoms with van der Waals surface area (Å²) in [6, 6.07) is 0. The number of hydrogen-bond acceptors (Lipinski definition) is 3. The Bertz CT molecular complexity index is 78.2. The highest BCUT2D eigenvalue weighted by atomic mass is 16.5. The van der Waals surface area contributed by atoms with Crippen molar-refractivity contribution in [1.82, 2.24) is 10.9 Å². The smallest absolute Gasteiger partial charge is 0.0601 e. The zero-order chi connectivity index (χ0) is 8.04. The molecular formula is C7H18N2O. The molecule has 0 aromatic heterocycles. The van der Waals surface area contributed by atoms with Crippen LogP contribution in [0.1, 0.15) is 20.8 Å². The number of rotatable bonds is 4. The molecule has 0 unspecified atom stereocenters. The van der Waals surface area contributed by atoms with Crippen molar-refractivity contribution >= 4 is 0 Å². The van der Waals surface area contributed by atoms with E-state index in [1.165, 1.54) is 0 Å². The van der Waals surface area contributed by atoms with Crippen molar-refractivity contribution in [2.24, 2.45) is 0 Å². The van der Waals surface area contributed by atoms with Crippen LogP contribution in [-0.2, 0) is 4.74 Å². The molecule has 2 N–H and O–H groups in total. The fraction of sp³-hybridized carbons (Fsp3) is 1.00. The Hall–Kier alpha value is -0.120. The van der Waals surface area contributed by atoms with Crippen molar-refractivity contribution in [2.45, 2.75) is 26.3 Å². The van der Waals surface area contributed by atoms with E-state index in [1.807, 2.05) is 0 Å². The lowest BCUT2D eigenvalue weighted by atomic mass is 10.1. The topological polar surface area (TPSA) is 33.3 Å². The van der Waals surface area contributed by atoms with Crippen molar-refractivity contribution in [1.29, 1.82) is 0 Å². The summed E-state index contributed by atoms with van der Waals surface area (Å²) in [6.45, 7) is 7.89. The highest BCUT2D eigenvalue weighted by molar-refractivity contribution is 4.66. The Labute approximate surface area is 63.1 Å². The van der Waals surface area contributed by atoms with Gasteiger partial charge in [0.25, 0.3) is 0 Å². The molecule has 0 amide bonds. The van der Waals surface area contributed by atoms with E-state index in [4.69, 9.17) is 4.74 Å². The molecule has 10 heavy (non-hydrogen) atoms. The van der Waals surface area contributed by atoms with E-state index in [2.05, 4.69) is 31.6 Å². The van der Waals surface area contributed by atoms with Crippen LogP contribution in [0, 0.1) is 0 Å². The minimum Gasteiger partial charge on any atom is -0.383 e. The number of hydrazine groups is 1. The summed E-state index contributed by atoms with van der Waals surface area (Å²) in [7, 11) is 1.69. The van der Waals surface area contributed by atoms with Gasteiger partial charge in [0.2, 0.25) is 0 Å². The molecule has 0 atom stereocenters. The third-order valence-corrected chi connectivity index (χ3v) is 0.895. The zero-order valence-electron chi connectivity index (χ0n) is 7.32. The summed E-state index contributed by atoms with van der Waals surface area (Å²) in [4.78, 5) is 0. The van der Waals surface area contributed by atoms with Crippen LogP contribution in [0.15, 0.2) is 0 Å². The molecule has 0 aromatic rings. The highest BCUT2D eigenvalue weighted by Crippen LogP contribution is 1.94. The van der Waals surface area contributed by atoms with Gasteiger partial charge in [0.1, 0.15) is 0 Å². The van der Waals surface area contributed by atoms with E-state index in [1.54, 1.807) is 7.11 Å². The monoisotopic (exact) mass is 146 g/mol. The molecule has 0 fully saturated rings. The lowest BCUT2D eigenvalue weighted by Crippen LogP contribution is -2.47. The zero-order valence-corrected chi connectivity index (χ0v) is 7.32. The van der Waals surface area contributed by atoms with E-state index in [0.29, 0.717) is 0 Å². The van der Waals surface area contributed by atoms with Crippen LogP contribution in [0.2, 0.25) is 0 Å². The quantitative estimate of drug-likeness (QED) is 0.448. The minimum absolute atomic E-state index is 0.133. The molecule has 0 bridgehead atoms. The van der Waals surface area contributed by atoms with Crippen molar-refractivity contribution in [3.05, 3.63) is 0 Å². The first kappa shape index (κ1) is 9.88. The molecule has 62 valence electrons. The Morgan fingerprint density at radius 3 is 2.30 bits per heavy atom. The average Bonchev–Trinajstić information content (AvgIpc) is 1.78. The van der Waals surface area contributed by atoms with Gasteiger partial charge in [0.05, 0.1) is 6.61 Å². The molecule has 0 saturated heterocycles. The second kappa shape index (κ2) is 4.66. The summed E-state index contributed by atoms with van der Waals surface area (Å²) in [5.74, 6) is 0. The van der Waals surface area contributed by atoms with Crippen LogP contribution in [-0.4, -0.2) is 25.8 Å². The maximum Gasteiger partial charge on any atom is 0.0601 e. The third-order valence-electron chi connectivity index (χ3n) is 0.895. The Morgan fingerprint density at radius 1 is 1.30 bits per heavy atom. The number of methoxy groups -OCH3 is 1. The number of hydrogen-bond donors (Lipinski definition) is 2. The average molecular weight is 146 g/mol. The summed E-state index contributed by atoms with van der Waals surface area (Å²) in [5.41, 5.74) is 6.31. The maximum atomic E-state index is 4.85. The van der Waals surface area contributed by atoms with Crippen molar-refractivity contribution < 1.29 is 4.74 Å². The van der Waals surface area contributed by atoms with Crippen LogP contribution < -0.4 is 10.9 Å². The fourth-order valence-electron chi connectivity index (χ4n) is 0.481. The molecule has 0 aliphatic rings. The van der Waals surface area contributed by atoms with E-state index in [9.17, 15) is 0 Å². The van der Waals surface area contributed by atoms with E-state index in [0.717, 1.165) is 13.2 Å². The second-order valence-electron chi connectivity index (χ2n) is 3.29. The van der Waals surface area contributed by atoms with Crippen LogP contribution in [0.4, 0.5) is 0 Å². The van der Waals surface area contributed by atoms with Crippen LogP contribution in [0.5, 0.6) is 0 Å². The molecule has 0 spiro atoms. The van der Waals surface area contributed by atoms with Gasteiger partial charge in [-0.1, -0.05) is 0 Å². The van der Waals surface area contributed by atoms with E-state index in [-0.39, 0.29) is 5.54 Å². The van der Waals surface area contributed by atoms with Crippen LogP contribution >= 0.6 is 0 Å². The van der Waals surface area contributed by atoms with Crippen LogP contribution in [0.3, 0.4) is 0 Å². The maximum absolute atomic E-state index is 4.85. The summed E-state index contributed by atoms with van der Waals surface area (Å²) >= 11 is 0. The first-order valence-corrected chi connectivity index (χ1v) is 3.55. The lowest BCUT2D eigenvalue weighted by molar-refractivity contribution is 0.189. The standard InChI is InChI=1S/C7H18N2O/c1-7(2,3)9-8-5-6-10-4/h8-9H,5-6H2,1-4H3. The summed E-state index contributed by atoms with van der Waals surface area (Å²) in [5, 5.41) is 0. The predicted molar refractivity (Wildman–Crippen MR) is 42.8 cm³/mol. The lowest BCUT2D eigenvalue weighted by Gasteiger charge is -2.20. The summed E-state index contributed by atoms with van der Waals surface area (Å²) < 4.78 is 4.85. The normalized spacial score (nSPS) is 12.0. The van der Waals surface area contributed by atoms with Crippen LogP contribution in [0.25, 0.3) is 0 Å². The van der Waals surface area contributed by atoms with Gasteiger partial charge >= 0.3 is 0 Å². The van der Waals surface area contributed by atoms with Gasteiger partial charge in [-0.3, -0.25) is 10.9 Å². The molecule has 3 heteroatoms. The first-order valence-electron chi connectivity index (χ1n) is 3.55. The van der Waals surface area contributed by atoms with Crippen molar-refractivity contribution in [3.63, 3.8) is 0 Å². The fourth-order valence-corrected chi connectivity index (χ4v) is 0.481. The Morgan fingerprint density at radius 2 is 1.90 bits per heavy atom. The SMILES string of the molecule is COCCNNC(C)(C)C. The molecule has 0 saturated carbocycles. The predicted octanol–water partition coefficient (Wildman–Crippen LogP) is 0.525. The third kappa shape index (κ3) is 7.88.